The normalized spacial score (nSPS) is 14.7. The molecule has 33 heavy (non-hydrogen) atoms. The Morgan fingerprint density at radius 1 is 1.24 bits per heavy atom. The highest BCUT2D eigenvalue weighted by Crippen LogP contribution is 2.40. The van der Waals surface area contributed by atoms with E-state index in [0.717, 1.165) is 40.0 Å². The summed E-state index contributed by atoms with van der Waals surface area (Å²) in [5.74, 6) is -0.156. The summed E-state index contributed by atoms with van der Waals surface area (Å²) in [7, 11) is 0. The van der Waals surface area contributed by atoms with E-state index in [4.69, 9.17) is 16.3 Å². The highest BCUT2D eigenvalue weighted by molar-refractivity contribution is 6.31. The van der Waals surface area contributed by atoms with Gasteiger partial charge in [0.15, 0.2) is 0 Å². The van der Waals surface area contributed by atoms with E-state index in [1.165, 1.54) is 0 Å². The molecule has 9 heteroatoms. The van der Waals surface area contributed by atoms with E-state index in [9.17, 15) is 9.59 Å². The first kappa shape index (κ1) is 23.0. The second-order valence-electron chi connectivity index (χ2n) is 9.48. The molecule has 1 fully saturated rings. The fraction of sp³-hybridized carbons (Fsp3) is 0.417. The van der Waals surface area contributed by atoms with E-state index in [-0.39, 0.29) is 5.91 Å². The predicted molar refractivity (Wildman–Crippen MR) is 126 cm³/mol. The number of benzene rings is 1. The van der Waals surface area contributed by atoms with Crippen LogP contribution >= 0.6 is 11.6 Å². The lowest BCUT2D eigenvalue weighted by Crippen LogP contribution is -2.29. The van der Waals surface area contributed by atoms with Gasteiger partial charge in [-0.3, -0.25) is 4.79 Å². The monoisotopic (exact) mass is 469 g/mol. The summed E-state index contributed by atoms with van der Waals surface area (Å²) in [6, 6.07) is 7.42. The van der Waals surface area contributed by atoms with Crippen LogP contribution in [0, 0.1) is 6.92 Å². The topological polar surface area (TPSA) is 91.0 Å². The van der Waals surface area contributed by atoms with Crippen LogP contribution in [0.3, 0.4) is 0 Å². The lowest BCUT2D eigenvalue weighted by Gasteiger charge is -2.20. The van der Waals surface area contributed by atoms with Crippen molar-refractivity contribution in [3.63, 3.8) is 0 Å². The Bertz CT molecular complexity index is 1200. The van der Waals surface area contributed by atoms with E-state index in [1.807, 2.05) is 25.1 Å². The number of aromatic nitrogens is 4. The van der Waals surface area contributed by atoms with Crippen molar-refractivity contribution in [3.05, 3.63) is 58.5 Å². The highest BCUT2D eigenvalue weighted by Gasteiger charge is 2.31. The molecule has 0 spiro atoms. The first-order valence-corrected chi connectivity index (χ1v) is 11.3. The molecule has 1 N–H and O–H groups in total. The van der Waals surface area contributed by atoms with Crippen molar-refractivity contribution in [1.29, 1.82) is 0 Å². The smallest absolute Gasteiger partial charge is 0.437 e. The van der Waals surface area contributed by atoms with E-state index < -0.39 is 17.6 Å². The van der Waals surface area contributed by atoms with Gasteiger partial charge in [-0.1, -0.05) is 17.7 Å². The lowest BCUT2D eigenvalue weighted by molar-refractivity contribution is -0.117. The van der Waals surface area contributed by atoms with Crippen LogP contribution in [0.15, 0.2) is 36.7 Å². The number of carbonyl (C=O) groups is 2. The molecule has 0 radical (unpaired) electrons. The maximum absolute atomic E-state index is 13.0. The predicted octanol–water partition coefficient (Wildman–Crippen LogP) is 5.43. The molecule has 3 aromatic rings. The number of rotatable bonds is 5. The van der Waals surface area contributed by atoms with Gasteiger partial charge in [-0.15, -0.1) is 4.68 Å². The number of ether oxygens (including phenoxy) is 1. The van der Waals surface area contributed by atoms with E-state index >= 15 is 0 Å². The molecule has 1 atom stereocenters. The number of nitrogens with one attached hydrogen (secondary N) is 1. The Labute approximate surface area is 197 Å². The van der Waals surface area contributed by atoms with Crippen LogP contribution < -0.4 is 5.32 Å². The van der Waals surface area contributed by atoms with Gasteiger partial charge in [0.25, 0.3) is 0 Å². The molecule has 1 saturated carbocycles. The van der Waals surface area contributed by atoms with Crippen molar-refractivity contribution in [2.24, 2.45) is 0 Å². The first-order chi connectivity index (χ1) is 15.5. The van der Waals surface area contributed by atoms with Gasteiger partial charge in [-0.25, -0.2) is 9.48 Å². The first-order valence-electron chi connectivity index (χ1n) is 11.0. The zero-order valence-electron chi connectivity index (χ0n) is 19.4. The Kier molecular flexibility index (Phi) is 6.05. The van der Waals surface area contributed by atoms with Crippen LogP contribution in [0.1, 0.15) is 69.2 Å². The SMILES string of the molecule is Cc1ccc(-n2cc(C(C)C(=O)Nc3cc(C4CC4)nn3C(=O)OC(C)(C)C)cn2)cc1Cl. The summed E-state index contributed by atoms with van der Waals surface area (Å²) in [5.41, 5.74) is 2.63. The summed E-state index contributed by atoms with van der Waals surface area (Å²) < 4.78 is 8.28. The summed E-state index contributed by atoms with van der Waals surface area (Å²) >= 11 is 6.23. The third-order valence-electron chi connectivity index (χ3n) is 5.46. The number of hydrogen-bond acceptors (Lipinski definition) is 5. The fourth-order valence-electron chi connectivity index (χ4n) is 3.32. The minimum Gasteiger partial charge on any atom is -0.442 e. The summed E-state index contributed by atoms with van der Waals surface area (Å²) in [5, 5.41) is 12.3. The van der Waals surface area contributed by atoms with Gasteiger partial charge in [0.2, 0.25) is 5.91 Å². The molecule has 174 valence electrons. The van der Waals surface area contributed by atoms with Gasteiger partial charge in [-0.2, -0.15) is 10.2 Å². The molecule has 0 saturated heterocycles. The second-order valence-corrected chi connectivity index (χ2v) is 9.89. The molecule has 1 amide bonds. The molecule has 2 aromatic heterocycles. The third-order valence-corrected chi connectivity index (χ3v) is 5.86. The number of amides is 1. The summed E-state index contributed by atoms with van der Waals surface area (Å²) in [4.78, 5) is 25.7. The van der Waals surface area contributed by atoms with Gasteiger partial charge < -0.3 is 10.1 Å². The minimum absolute atomic E-state index is 0.274. The van der Waals surface area contributed by atoms with Gasteiger partial charge in [0.05, 0.1) is 23.5 Å². The summed E-state index contributed by atoms with van der Waals surface area (Å²) in [6.07, 6.45) is 4.88. The van der Waals surface area contributed by atoms with Gasteiger partial charge >= 0.3 is 6.09 Å². The van der Waals surface area contributed by atoms with E-state index in [0.29, 0.717) is 16.8 Å². The zero-order chi connectivity index (χ0) is 23.9. The molecule has 0 aliphatic heterocycles. The minimum atomic E-state index is -0.676. The standard InChI is InChI=1S/C24H28ClN5O3/c1-14-6-9-18(10-19(14)25)29-13-17(12-26-29)15(2)22(31)27-21-11-20(16-7-8-16)28-30(21)23(32)33-24(3,4)5/h6,9-13,15-16H,7-8H2,1-5H3,(H,27,31). The van der Waals surface area contributed by atoms with Crippen LogP contribution in [-0.2, 0) is 9.53 Å². The van der Waals surface area contributed by atoms with Gasteiger partial charge in [0.1, 0.15) is 11.4 Å². The molecule has 1 unspecified atom stereocenters. The Hall–Kier alpha value is -3.13. The van der Waals surface area contributed by atoms with Crippen molar-refractivity contribution >= 4 is 29.4 Å². The second kappa shape index (κ2) is 8.67. The number of aryl methyl sites for hydroxylation is 1. The van der Waals surface area contributed by atoms with Crippen LogP contribution in [0.4, 0.5) is 10.6 Å². The van der Waals surface area contributed by atoms with Crippen LogP contribution in [0.5, 0.6) is 0 Å². The number of halogens is 1. The Balaban J connectivity index is 1.53. The number of hydrogen-bond donors (Lipinski definition) is 1. The molecule has 1 aliphatic rings. The van der Waals surface area contributed by atoms with Crippen LogP contribution in [0.25, 0.3) is 5.69 Å². The van der Waals surface area contributed by atoms with Crippen molar-refractivity contribution < 1.29 is 14.3 Å². The molecule has 2 heterocycles. The zero-order valence-corrected chi connectivity index (χ0v) is 20.2. The maximum Gasteiger partial charge on any atom is 0.437 e. The van der Waals surface area contributed by atoms with Crippen molar-refractivity contribution in [1.82, 2.24) is 19.6 Å². The van der Waals surface area contributed by atoms with Crippen molar-refractivity contribution in [2.75, 3.05) is 5.32 Å². The molecule has 0 bridgehead atoms. The quantitative estimate of drug-likeness (QED) is 0.537. The molecular formula is C24H28ClN5O3. The van der Waals surface area contributed by atoms with Crippen molar-refractivity contribution in [3.8, 4) is 5.69 Å². The average molecular weight is 470 g/mol. The molecule has 1 aliphatic carbocycles. The number of carbonyl (C=O) groups excluding carboxylic acids is 2. The van der Waals surface area contributed by atoms with Gasteiger partial charge in [0, 0.05) is 28.8 Å². The van der Waals surface area contributed by atoms with Gasteiger partial charge in [-0.05, 0) is 65.2 Å². The lowest BCUT2D eigenvalue weighted by atomic mass is 10.0. The third kappa shape index (κ3) is 5.27. The molecule has 1 aromatic carbocycles. The Morgan fingerprint density at radius 3 is 2.61 bits per heavy atom. The highest BCUT2D eigenvalue weighted by atomic mass is 35.5. The van der Waals surface area contributed by atoms with E-state index in [1.54, 1.807) is 50.8 Å². The fourth-order valence-corrected chi connectivity index (χ4v) is 3.50. The number of anilines is 1. The van der Waals surface area contributed by atoms with Crippen LogP contribution in [-0.4, -0.2) is 37.2 Å². The average Bonchev–Trinajstić information content (AvgIpc) is 3.31. The van der Waals surface area contributed by atoms with E-state index in [2.05, 4.69) is 15.5 Å². The number of nitrogens with zero attached hydrogens (tertiary/aromatic N) is 4. The summed E-state index contributed by atoms with van der Waals surface area (Å²) in [6.45, 7) is 9.08. The molecule has 8 nitrogen and oxygen atoms in total. The van der Waals surface area contributed by atoms with Crippen LogP contribution in [0.2, 0.25) is 5.02 Å². The van der Waals surface area contributed by atoms with Crippen molar-refractivity contribution in [2.45, 2.75) is 64.9 Å². The maximum atomic E-state index is 13.0. The Morgan fingerprint density at radius 2 is 1.97 bits per heavy atom. The largest absolute Gasteiger partial charge is 0.442 e. The molecular weight excluding hydrogens is 442 g/mol. The molecule has 4 rings (SSSR count).